The van der Waals surface area contributed by atoms with E-state index in [0.29, 0.717) is 0 Å². The molecule has 72 valence electrons. The van der Waals surface area contributed by atoms with E-state index in [-0.39, 0.29) is 5.35 Å². The summed E-state index contributed by atoms with van der Waals surface area (Å²) in [4.78, 5) is 4.01. The lowest BCUT2D eigenvalue weighted by Crippen LogP contribution is -1.79. The number of oxazole rings is 1. The van der Waals surface area contributed by atoms with Gasteiger partial charge in [-0.25, -0.2) is 4.98 Å². The Morgan fingerprint density at radius 1 is 1.14 bits per heavy atom. The van der Waals surface area contributed by atoms with Crippen LogP contribution in [-0.4, -0.2) is 4.98 Å². The normalized spacial score (nSPS) is 10.5. The Balaban J connectivity index is 2.49. The summed E-state index contributed by atoms with van der Waals surface area (Å²) in [6.45, 7) is 3.93. The molecule has 1 aromatic carbocycles. The lowest BCUT2D eigenvalue weighted by atomic mass is 10.1. The van der Waals surface area contributed by atoms with Crippen molar-refractivity contribution in [1.82, 2.24) is 4.98 Å². The largest absolute Gasteiger partial charge is 0.427 e. The molecular weight excluding hydrogens is 198 g/mol. The SMILES string of the molecule is Cc1ccc(-c2oc(Cl)nc2C)cc1. The third kappa shape index (κ3) is 1.66. The van der Waals surface area contributed by atoms with E-state index in [9.17, 15) is 0 Å². The average Bonchev–Trinajstić information content (AvgIpc) is 2.47. The summed E-state index contributed by atoms with van der Waals surface area (Å²) >= 11 is 5.67. The van der Waals surface area contributed by atoms with Crippen LogP contribution in [0.2, 0.25) is 5.35 Å². The van der Waals surface area contributed by atoms with Gasteiger partial charge in [-0.1, -0.05) is 29.8 Å². The minimum atomic E-state index is 0.193. The van der Waals surface area contributed by atoms with Crippen LogP contribution in [0, 0.1) is 13.8 Å². The second-order valence-electron chi connectivity index (χ2n) is 3.25. The molecule has 0 amide bonds. The number of aryl methyl sites for hydroxylation is 2. The van der Waals surface area contributed by atoms with Crippen molar-refractivity contribution in [2.75, 3.05) is 0 Å². The number of nitrogens with zero attached hydrogens (tertiary/aromatic N) is 1. The van der Waals surface area contributed by atoms with Gasteiger partial charge in [0.05, 0.1) is 5.69 Å². The van der Waals surface area contributed by atoms with Crippen molar-refractivity contribution in [1.29, 1.82) is 0 Å². The van der Waals surface area contributed by atoms with E-state index in [1.807, 2.05) is 38.1 Å². The summed E-state index contributed by atoms with van der Waals surface area (Å²) in [6, 6.07) is 8.06. The molecule has 0 bridgehead atoms. The van der Waals surface area contributed by atoms with Gasteiger partial charge in [0.1, 0.15) is 0 Å². The fourth-order valence-corrected chi connectivity index (χ4v) is 1.54. The highest BCUT2D eigenvalue weighted by molar-refractivity contribution is 6.27. The van der Waals surface area contributed by atoms with Crippen LogP contribution in [0.3, 0.4) is 0 Å². The third-order valence-corrected chi connectivity index (χ3v) is 2.25. The first-order chi connectivity index (χ1) is 6.66. The highest BCUT2D eigenvalue weighted by Crippen LogP contribution is 2.26. The lowest BCUT2D eigenvalue weighted by Gasteiger charge is -1.97. The number of halogens is 1. The molecule has 0 aliphatic carbocycles. The molecule has 3 heteroatoms. The zero-order valence-corrected chi connectivity index (χ0v) is 8.80. The van der Waals surface area contributed by atoms with Gasteiger partial charge in [-0.15, -0.1) is 0 Å². The van der Waals surface area contributed by atoms with Gasteiger partial charge in [0, 0.05) is 5.56 Å². The van der Waals surface area contributed by atoms with Gasteiger partial charge < -0.3 is 4.42 Å². The van der Waals surface area contributed by atoms with Crippen LogP contribution in [0.15, 0.2) is 28.7 Å². The number of hydrogen-bond acceptors (Lipinski definition) is 2. The molecule has 0 aliphatic heterocycles. The Labute approximate surface area is 87.5 Å². The third-order valence-electron chi connectivity index (χ3n) is 2.08. The minimum Gasteiger partial charge on any atom is -0.427 e. The maximum Gasteiger partial charge on any atom is 0.292 e. The maximum absolute atomic E-state index is 5.67. The van der Waals surface area contributed by atoms with E-state index >= 15 is 0 Å². The van der Waals surface area contributed by atoms with Crippen molar-refractivity contribution in [3.8, 4) is 11.3 Å². The molecule has 0 saturated carbocycles. The molecule has 0 atom stereocenters. The number of aromatic nitrogens is 1. The number of rotatable bonds is 1. The summed E-state index contributed by atoms with van der Waals surface area (Å²) in [6.07, 6.45) is 0. The molecule has 0 fully saturated rings. The van der Waals surface area contributed by atoms with E-state index in [1.165, 1.54) is 5.56 Å². The Morgan fingerprint density at radius 2 is 1.79 bits per heavy atom. The van der Waals surface area contributed by atoms with E-state index in [2.05, 4.69) is 4.98 Å². The Bertz CT molecular complexity index is 445. The molecule has 0 unspecified atom stereocenters. The minimum absolute atomic E-state index is 0.193. The van der Waals surface area contributed by atoms with Gasteiger partial charge in [-0.05, 0) is 25.4 Å². The molecule has 0 N–H and O–H groups in total. The molecular formula is C11H10ClNO. The summed E-state index contributed by atoms with van der Waals surface area (Å²) in [5.74, 6) is 0.745. The predicted octanol–water partition coefficient (Wildman–Crippen LogP) is 3.61. The molecule has 1 aromatic heterocycles. The number of benzene rings is 1. The monoisotopic (exact) mass is 207 g/mol. The van der Waals surface area contributed by atoms with Gasteiger partial charge >= 0.3 is 0 Å². The highest BCUT2D eigenvalue weighted by atomic mass is 35.5. The standard InChI is InChI=1S/C11H10ClNO/c1-7-3-5-9(6-4-7)10-8(2)13-11(12)14-10/h3-6H,1-2H3. The van der Waals surface area contributed by atoms with Crippen molar-refractivity contribution in [2.24, 2.45) is 0 Å². The van der Waals surface area contributed by atoms with Crippen molar-refractivity contribution in [2.45, 2.75) is 13.8 Å². The van der Waals surface area contributed by atoms with Crippen molar-refractivity contribution in [3.63, 3.8) is 0 Å². The Morgan fingerprint density at radius 3 is 2.29 bits per heavy atom. The van der Waals surface area contributed by atoms with E-state index in [0.717, 1.165) is 17.0 Å². The van der Waals surface area contributed by atoms with Crippen LogP contribution in [0.1, 0.15) is 11.3 Å². The molecule has 0 saturated heterocycles. The molecule has 0 aliphatic rings. The predicted molar refractivity (Wildman–Crippen MR) is 56.4 cm³/mol. The first-order valence-electron chi connectivity index (χ1n) is 4.37. The van der Waals surface area contributed by atoms with Crippen LogP contribution in [0.4, 0.5) is 0 Å². The van der Waals surface area contributed by atoms with E-state index in [4.69, 9.17) is 16.0 Å². The zero-order valence-electron chi connectivity index (χ0n) is 8.04. The smallest absolute Gasteiger partial charge is 0.292 e. The molecule has 2 nitrogen and oxygen atoms in total. The number of hydrogen-bond donors (Lipinski definition) is 0. The molecule has 0 spiro atoms. The summed E-state index contributed by atoms with van der Waals surface area (Å²) in [5.41, 5.74) is 3.04. The molecule has 14 heavy (non-hydrogen) atoms. The van der Waals surface area contributed by atoms with Gasteiger partial charge in [-0.3, -0.25) is 0 Å². The summed E-state index contributed by atoms with van der Waals surface area (Å²) < 4.78 is 5.29. The van der Waals surface area contributed by atoms with Crippen molar-refractivity contribution in [3.05, 3.63) is 40.9 Å². The molecule has 2 aromatic rings. The quantitative estimate of drug-likeness (QED) is 0.714. The topological polar surface area (TPSA) is 26.0 Å². The Kier molecular flexibility index (Phi) is 2.30. The van der Waals surface area contributed by atoms with Crippen LogP contribution in [0.5, 0.6) is 0 Å². The fraction of sp³-hybridized carbons (Fsp3) is 0.182. The second kappa shape index (κ2) is 3.46. The summed E-state index contributed by atoms with van der Waals surface area (Å²) in [5, 5.41) is 0.193. The zero-order chi connectivity index (χ0) is 10.1. The van der Waals surface area contributed by atoms with Crippen LogP contribution < -0.4 is 0 Å². The molecule has 1 heterocycles. The summed E-state index contributed by atoms with van der Waals surface area (Å²) in [7, 11) is 0. The van der Waals surface area contributed by atoms with Gasteiger partial charge in [0.25, 0.3) is 5.35 Å². The first kappa shape index (κ1) is 9.28. The lowest BCUT2D eigenvalue weighted by molar-refractivity contribution is 0.573. The first-order valence-corrected chi connectivity index (χ1v) is 4.74. The highest BCUT2D eigenvalue weighted by Gasteiger charge is 2.09. The average molecular weight is 208 g/mol. The van der Waals surface area contributed by atoms with Crippen LogP contribution in [0.25, 0.3) is 11.3 Å². The Hall–Kier alpha value is -1.28. The fourth-order valence-electron chi connectivity index (χ4n) is 1.34. The van der Waals surface area contributed by atoms with Gasteiger partial charge in [0.15, 0.2) is 5.76 Å². The second-order valence-corrected chi connectivity index (χ2v) is 3.57. The van der Waals surface area contributed by atoms with Crippen molar-refractivity contribution >= 4 is 11.6 Å². The van der Waals surface area contributed by atoms with Crippen LogP contribution in [-0.2, 0) is 0 Å². The van der Waals surface area contributed by atoms with E-state index < -0.39 is 0 Å². The molecule has 2 rings (SSSR count). The maximum atomic E-state index is 5.67. The molecule has 0 radical (unpaired) electrons. The van der Waals surface area contributed by atoms with E-state index in [1.54, 1.807) is 0 Å². The van der Waals surface area contributed by atoms with Crippen molar-refractivity contribution < 1.29 is 4.42 Å². The van der Waals surface area contributed by atoms with Gasteiger partial charge in [-0.2, -0.15) is 0 Å². The van der Waals surface area contributed by atoms with Gasteiger partial charge in [0.2, 0.25) is 0 Å². The van der Waals surface area contributed by atoms with Crippen LogP contribution >= 0.6 is 11.6 Å².